The van der Waals surface area contributed by atoms with E-state index >= 15 is 0 Å². The summed E-state index contributed by atoms with van der Waals surface area (Å²) in [5.41, 5.74) is 0. The second-order valence-corrected chi connectivity index (χ2v) is 1.45. The van der Waals surface area contributed by atoms with Crippen LogP contribution in [-0.2, 0) is 4.74 Å². The van der Waals surface area contributed by atoms with E-state index in [2.05, 4.69) is 0 Å². The van der Waals surface area contributed by atoms with Gasteiger partial charge in [-0.15, -0.1) is 0 Å². The summed E-state index contributed by atoms with van der Waals surface area (Å²) in [7, 11) is 0. The number of hydrogen-bond donors (Lipinski definition) is 2. The van der Waals surface area contributed by atoms with Gasteiger partial charge in [0.1, 0.15) is 6.61 Å². The summed E-state index contributed by atoms with van der Waals surface area (Å²) in [5.74, 6) is 0. The SMILES string of the molecule is CC([CH]O)OCCO. The monoisotopic (exact) mass is 119 g/mol. The molecule has 0 aliphatic rings. The Kier molecular flexibility index (Phi) is 4.95. The van der Waals surface area contributed by atoms with Gasteiger partial charge in [0.25, 0.3) is 0 Å². The largest absolute Gasteiger partial charge is 0.394 e. The third-order valence-electron chi connectivity index (χ3n) is 0.682. The summed E-state index contributed by atoms with van der Waals surface area (Å²) in [6.07, 6.45) is -0.276. The topological polar surface area (TPSA) is 49.7 Å². The zero-order valence-corrected chi connectivity index (χ0v) is 4.87. The van der Waals surface area contributed by atoms with Gasteiger partial charge < -0.3 is 14.9 Å². The molecule has 1 atom stereocenters. The van der Waals surface area contributed by atoms with E-state index in [1.165, 1.54) is 0 Å². The highest BCUT2D eigenvalue weighted by atomic mass is 16.5. The molecule has 1 radical (unpaired) electrons. The first kappa shape index (κ1) is 7.88. The maximum absolute atomic E-state index is 8.23. The van der Waals surface area contributed by atoms with Crippen molar-refractivity contribution in [1.29, 1.82) is 0 Å². The molecule has 3 heteroatoms. The van der Waals surface area contributed by atoms with Gasteiger partial charge in [0.2, 0.25) is 0 Å². The Bertz CT molecular complexity index is 46.9. The summed E-state index contributed by atoms with van der Waals surface area (Å²) in [6, 6.07) is 0. The molecule has 49 valence electrons. The van der Waals surface area contributed by atoms with Crippen molar-refractivity contribution >= 4 is 0 Å². The van der Waals surface area contributed by atoms with Crippen LogP contribution in [0.4, 0.5) is 0 Å². The number of hydrogen-bond acceptors (Lipinski definition) is 3. The van der Waals surface area contributed by atoms with E-state index in [0.717, 1.165) is 6.61 Å². The molecule has 0 bridgehead atoms. The third-order valence-corrected chi connectivity index (χ3v) is 0.682. The Balaban J connectivity index is 2.86. The van der Waals surface area contributed by atoms with Crippen molar-refractivity contribution < 1.29 is 14.9 Å². The van der Waals surface area contributed by atoms with Crippen LogP contribution in [-0.4, -0.2) is 29.5 Å². The molecule has 0 aliphatic carbocycles. The lowest BCUT2D eigenvalue weighted by Crippen LogP contribution is -2.11. The van der Waals surface area contributed by atoms with Gasteiger partial charge in [-0.05, 0) is 6.92 Å². The van der Waals surface area contributed by atoms with E-state index in [0.29, 0.717) is 0 Å². The molecular formula is C5H11O3. The lowest BCUT2D eigenvalue weighted by atomic mass is 10.4. The Labute approximate surface area is 48.9 Å². The van der Waals surface area contributed by atoms with Crippen LogP contribution in [0.1, 0.15) is 6.92 Å². The van der Waals surface area contributed by atoms with Crippen LogP contribution in [0.2, 0.25) is 0 Å². The normalized spacial score (nSPS) is 13.9. The van der Waals surface area contributed by atoms with Gasteiger partial charge in [-0.25, -0.2) is 0 Å². The molecule has 8 heavy (non-hydrogen) atoms. The third kappa shape index (κ3) is 4.05. The molecule has 0 aliphatic heterocycles. The van der Waals surface area contributed by atoms with Crippen molar-refractivity contribution in [3.05, 3.63) is 6.61 Å². The first-order valence-corrected chi connectivity index (χ1v) is 2.51. The summed E-state index contributed by atoms with van der Waals surface area (Å²) in [4.78, 5) is 0. The van der Waals surface area contributed by atoms with E-state index < -0.39 is 0 Å². The molecule has 3 nitrogen and oxygen atoms in total. The number of ether oxygens (including phenoxy) is 1. The van der Waals surface area contributed by atoms with Gasteiger partial charge in [0.15, 0.2) is 0 Å². The van der Waals surface area contributed by atoms with Crippen molar-refractivity contribution in [2.45, 2.75) is 13.0 Å². The highest BCUT2D eigenvalue weighted by molar-refractivity contribution is 4.56. The van der Waals surface area contributed by atoms with Gasteiger partial charge in [0, 0.05) is 0 Å². The van der Waals surface area contributed by atoms with Crippen LogP contribution in [0.15, 0.2) is 0 Å². The number of aliphatic hydroxyl groups excluding tert-OH is 2. The standard InChI is InChI=1S/C5H11O3/c1-5(4-7)8-3-2-6/h4-7H,2-3H2,1H3. The predicted molar refractivity (Wildman–Crippen MR) is 28.7 cm³/mol. The molecule has 1 unspecified atom stereocenters. The van der Waals surface area contributed by atoms with Crippen LogP contribution in [0.3, 0.4) is 0 Å². The molecule has 0 spiro atoms. The minimum Gasteiger partial charge on any atom is -0.394 e. The molecule has 0 rings (SSSR count). The first-order chi connectivity index (χ1) is 3.81. The molecule has 0 amide bonds. The van der Waals surface area contributed by atoms with Crippen LogP contribution >= 0.6 is 0 Å². The van der Waals surface area contributed by atoms with Crippen LogP contribution < -0.4 is 0 Å². The van der Waals surface area contributed by atoms with Crippen molar-refractivity contribution in [2.75, 3.05) is 13.2 Å². The molecule has 0 heterocycles. The van der Waals surface area contributed by atoms with Crippen LogP contribution in [0.25, 0.3) is 0 Å². The smallest absolute Gasteiger partial charge is 0.108 e. The van der Waals surface area contributed by atoms with Crippen LogP contribution in [0, 0.1) is 6.61 Å². The van der Waals surface area contributed by atoms with Gasteiger partial charge in [-0.2, -0.15) is 0 Å². The molecule has 0 fully saturated rings. The second kappa shape index (κ2) is 5.03. The fraction of sp³-hybridized carbons (Fsp3) is 0.800. The van der Waals surface area contributed by atoms with Crippen molar-refractivity contribution in [3.8, 4) is 0 Å². The molecular weight excluding hydrogens is 108 g/mol. The maximum Gasteiger partial charge on any atom is 0.108 e. The average molecular weight is 119 g/mol. The van der Waals surface area contributed by atoms with Gasteiger partial charge in [0.05, 0.1) is 19.3 Å². The van der Waals surface area contributed by atoms with Crippen molar-refractivity contribution in [3.63, 3.8) is 0 Å². The Morgan fingerprint density at radius 3 is 2.75 bits per heavy atom. The zero-order valence-electron chi connectivity index (χ0n) is 4.87. The second-order valence-electron chi connectivity index (χ2n) is 1.45. The number of rotatable bonds is 4. The van der Waals surface area contributed by atoms with E-state index in [-0.39, 0.29) is 19.3 Å². The lowest BCUT2D eigenvalue weighted by Gasteiger charge is -2.05. The van der Waals surface area contributed by atoms with Gasteiger partial charge in [-0.3, -0.25) is 0 Å². The molecule has 2 N–H and O–H groups in total. The molecule has 0 aromatic heterocycles. The molecule has 0 aromatic carbocycles. The quantitative estimate of drug-likeness (QED) is 0.544. The summed E-state index contributed by atoms with van der Waals surface area (Å²) in [6.45, 7) is 2.90. The van der Waals surface area contributed by atoms with E-state index in [9.17, 15) is 0 Å². The first-order valence-electron chi connectivity index (χ1n) is 2.51. The minimum absolute atomic E-state index is 0.00181. The van der Waals surface area contributed by atoms with E-state index in [4.69, 9.17) is 14.9 Å². The lowest BCUT2D eigenvalue weighted by molar-refractivity contribution is 0.0327. The van der Waals surface area contributed by atoms with E-state index in [1.54, 1.807) is 6.92 Å². The van der Waals surface area contributed by atoms with E-state index in [1.807, 2.05) is 0 Å². The zero-order chi connectivity index (χ0) is 6.41. The van der Waals surface area contributed by atoms with Crippen molar-refractivity contribution in [2.24, 2.45) is 0 Å². The Morgan fingerprint density at radius 2 is 2.38 bits per heavy atom. The minimum atomic E-state index is -0.276. The highest BCUT2D eigenvalue weighted by Crippen LogP contribution is 1.89. The van der Waals surface area contributed by atoms with Gasteiger partial charge in [-0.1, -0.05) is 0 Å². The van der Waals surface area contributed by atoms with Gasteiger partial charge >= 0.3 is 0 Å². The summed E-state index contributed by atoms with van der Waals surface area (Å²) >= 11 is 0. The molecule has 0 saturated carbocycles. The fourth-order valence-electron chi connectivity index (χ4n) is 0.282. The number of aliphatic hydroxyl groups is 2. The average Bonchev–Trinajstić information content (AvgIpc) is 1.83. The highest BCUT2D eigenvalue weighted by Gasteiger charge is 1.96. The maximum atomic E-state index is 8.23. The summed E-state index contributed by atoms with van der Waals surface area (Å²) in [5, 5.41) is 16.4. The van der Waals surface area contributed by atoms with Crippen LogP contribution in [0.5, 0.6) is 0 Å². The summed E-state index contributed by atoms with van der Waals surface area (Å²) < 4.78 is 4.78. The molecule has 0 aromatic rings. The molecule has 0 saturated heterocycles. The van der Waals surface area contributed by atoms with Crippen molar-refractivity contribution in [1.82, 2.24) is 0 Å². The predicted octanol–water partition coefficient (Wildman–Crippen LogP) is -0.0819. The Hall–Kier alpha value is -0.120. The Morgan fingerprint density at radius 1 is 1.75 bits per heavy atom. The fourth-order valence-corrected chi connectivity index (χ4v) is 0.282.